The molecule has 2 nitrogen and oxygen atoms in total. The molecule has 1 aliphatic heterocycles. The molecule has 128 valence electrons. The van der Waals surface area contributed by atoms with E-state index >= 15 is 0 Å². The highest BCUT2D eigenvalue weighted by Gasteiger charge is 2.39. The number of benzene rings is 1. The largest absolute Gasteiger partial charge is 0.417 e. The molecular weight excluding hydrogens is 408 g/mol. The standard InChI is InChI=1S/C16H13BrF4N2S/c1-15(11-6-10(17)3-4-12(11)18)8-23-7-9(16(19,20)21)5-13(23)14(22-15)24-2/h3-7H,8H2,1-2H3. The second-order valence-corrected chi connectivity index (χ2v) is 7.47. The zero-order valence-corrected chi connectivity index (χ0v) is 15.2. The number of halogens is 5. The maximum Gasteiger partial charge on any atom is 0.417 e. The van der Waals surface area contributed by atoms with Crippen LogP contribution in [0.3, 0.4) is 0 Å². The molecule has 0 bridgehead atoms. The van der Waals surface area contributed by atoms with Gasteiger partial charge in [0.1, 0.15) is 16.4 Å². The zero-order valence-electron chi connectivity index (χ0n) is 12.8. The van der Waals surface area contributed by atoms with Gasteiger partial charge in [-0.25, -0.2) is 4.39 Å². The van der Waals surface area contributed by atoms with Crippen LogP contribution in [0, 0.1) is 5.82 Å². The summed E-state index contributed by atoms with van der Waals surface area (Å²) in [5, 5.41) is 0.457. The summed E-state index contributed by atoms with van der Waals surface area (Å²) in [4.78, 5) is 4.57. The first-order valence-electron chi connectivity index (χ1n) is 7.01. The Morgan fingerprint density at radius 3 is 2.62 bits per heavy atom. The predicted octanol–water partition coefficient (Wildman–Crippen LogP) is 5.45. The lowest BCUT2D eigenvalue weighted by Gasteiger charge is -2.32. The van der Waals surface area contributed by atoms with Crippen molar-refractivity contribution in [2.45, 2.75) is 25.2 Å². The molecule has 1 aromatic heterocycles. The van der Waals surface area contributed by atoms with E-state index in [1.807, 2.05) is 0 Å². The number of aliphatic imine (C=N–C) groups is 1. The average molecular weight is 421 g/mol. The van der Waals surface area contributed by atoms with Gasteiger partial charge < -0.3 is 4.57 Å². The minimum atomic E-state index is -4.43. The van der Waals surface area contributed by atoms with Crippen molar-refractivity contribution in [3.05, 3.63) is 57.6 Å². The second-order valence-electron chi connectivity index (χ2n) is 5.76. The molecule has 0 saturated heterocycles. The molecular formula is C16H13BrF4N2S. The maximum absolute atomic E-state index is 14.3. The first-order chi connectivity index (χ1) is 11.1. The van der Waals surface area contributed by atoms with Crippen molar-refractivity contribution in [2.24, 2.45) is 4.99 Å². The number of alkyl halides is 3. The lowest BCUT2D eigenvalue weighted by Crippen LogP contribution is -2.33. The molecule has 0 radical (unpaired) electrons. The van der Waals surface area contributed by atoms with Crippen LogP contribution < -0.4 is 0 Å². The normalized spacial score (nSPS) is 20.7. The van der Waals surface area contributed by atoms with Gasteiger partial charge in [-0.05, 0) is 37.4 Å². The zero-order chi connectivity index (χ0) is 17.7. The first-order valence-corrected chi connectivity index (χ1v) is 9.03. The third-order valence-corrected chi connectivity index (χ3v) is 5.15. The summed E-state index contributed by atoms with van der Waals surface area (Å²) in [6.45, 7) is 1.86. The van der Waals surface area contributed by atoms with E-state index in [2.05, 4.69) is 20.9 Å². The van der Waals surface area contributed by atoms with Crippen LogP contribution in [0.1, 0.15) is 23.7 Å². The Morgan fingerprint density at radius 1 is 1.29 bits per heavy atom. The van der Waals surface area contributed by atoms with Crippen LogP contribution in [-0.4, -0.2) is 15.9 Å². The van der Waals surface area contributed by atoms with Crippen molar-refractivity contribution >= 4 is 32.7 Å². The summed E-state index contributed by atoms with van der Waals surface area (Å²) >= 11 is 4.55. The number of hydrogen-bond donors (Lipinski definition) is 0. The monoisotopic (exact) mass is 420 g/mol. The summed E-state index contributed by atoms with van der Waals surface area (Å²) in [6.07, 6.45) is -1.62. The number of rotatable bonds is 1. The molecule has 0 amide bonds. The lowest BCUT2D eigenvalue weighted by atomic mass is 9.91. The lowest BCUT2D eigenvalue weighted by molar-refractivity contribution is -0.137. The van der Waals surface area contributed by atoms with Crippen molar-refractivity contribution in [3.8, 4) is 0 Å². The van der Waals surface area contributed by atoms with Crippen LogP contribution in [0.5, 0.6) is 0 Å². The molecule has 1 aliphatic rings. The van der Waals surface area contributed by atoms with Crippen LogP contribution in [0.15, 0.2) is 39.9 Å². The molecule has 1 aromatic carbocycles. The van der Waals surface area contributed by atoms with Gasteiger partial charge in [0.25, 0.3) is 0 Å². The Morgan fingerprint density at radius 2 is 2.00 bits per heavy atom. The molecule has 2 heterocycles. The molecule has 0 aliphatic carbocycles. The van der Waals surface area contributed by atoms with E-state index in [1.165, 1.54) is 22.4 Å². The van der Waals surface area contributed by atoms with Gasteiger partial charge in [0.05, 0.1) is 17.8 Å². The highest BCUT2D eigenvalue weighted by molar-refractivity contribution is 9.10. The molecule has 1 unspecified atom stereocenters. The van der Waals surface area contributed by atoms with Crippen molar-refractivity contribution in [2.75, 3.05) is 6.26 Å². The van der Waals surface area contributed by atoms with E-state index < -0.39 is 23.1 Å². The van der Waals surface area contributed by atoms with E-state index in [-0.39, 0.29) is 6.54 Å². The fourth-order valence-electron chi connectivity index (χ4n) is 2.83. The fourth-order valence-corrected chi connectivity index (χ4v) is 3.87. The number of hydrogen-bond acceptors (Lipinski definition) is 2. The molecule has 0 spiro atoms. The summed E-state index contributed by atoms with van der Waals surface area (Å²) in [5.41, 5.74) is -0.960. The van der Waals surface area contributed by atoms with Crippen LogP contribution >= 0.6 is 27.7 Å². The van der Waals surface area contributed by atoms with E-state index in [0.29, 0.717) is 20.8 Å². The molecule has 2 aromatic rings. The number of fused-ring (bicyclic) bond motifs is 1. The van der Waals surface area contributed by atoms with E-state index in [9.17, 15) is 17.6 Å². The van der Waals surface area contributed by atoms with Gasteiger partial charge in [-0.2, -0.15) is 13.2 Å². The molecule has 0 saturated carbocycles. The van der Waals surface area contributed by atoms with E-state index in [0.717, 1.165) is 12.3 Å². The van der Waals surface area contributed by atoms with Crippen molar-refractivity contribution < 1.29 is 17.6 Å². The molecule has 1 atom stereocenters. The Labute approximate surface area is 149 Å². The van der Waals surface area contributed by atoms with E-state index in [4.69, 9.17) is 0 Å². The third kappa shape index (κ3) is 3.01. The Hall–Kier alpha value is -1.28. The van der Waals surface area contributed by atoms with Crippen LogP contribution in [0.25, 0.3) is 0 Å². The van der Waals surface area contributed by atoms with Crippen LogP contribution in [0.2, 0.25) is 0 Å². The van der Waals surface area contributed by atoms with Gasteiger partial charge in [0.15, 0.2) is 0 Å². The molecule has 8 heteroatoms. The minimum absolute atomic E-state index is 0.135. The highest BCUT2D eigenvalue weighted by atomic mass is 79.9. The smallest absolute Gasteiger partial charge is 0.342 e. The molecule has 24 heavy (non-hydrogen) atoms. The predicted molar refractivity (Wildman–Crippen MR) is 90.9 cm³/mol. The second kappa shape index (κ2) is 5.91. The first kappa shape index (κ1) is 17.5. The van der Waals surface area contributed by atoms with Crippen molar-refractivity contribution in [1.29, 1.82) is 0 Å². The van der Waals surface area contributed by atoms with Gasteiger partial charge in [-0.15, -0.1) is 11.8 Å². The molecule has 0 fully saturated rings. The van der Waals surface area contributed by atoms with Gasteiger partial charge in [0.2, 0.25) is 0 Å². The van der Waals surface area contributed by atoms with Gasteiger partial charge in [0, 0.05) is 16.2 Å². The third-order valence-electron chi connectivity index (χ3n) is 3.97. The average Bonchev–Trinajstić information content (AvgIpc) is 2.92. The molecule has 3 rings (SSSR count). The van der Waals surface area contributed by atoms with Crippen LogP contribution in [-0.2, 0) is 18.3 Å². The number of nitrogens with zero attached hydrogens (tertiary/aromatic N) is 2. The van der Waals surface area contributed by atoms with Gasteiger partial charge in [-0.3, -0.25) is 4.99 Å². The fraction of sp³-hybridized carbons (Fsp3) is 0.312. The highest BCUT2D eigenvalue weighted by Crippen LogP contribution is 2.39. The summed E-state index contributed by atoms with van der Waals surface area (Å²) in [6, 6.07) is 5.61. The quantitative estimate of drug-likeness (QED) is 0.560. The van der Waals surface area contributed by atoms with Crippen molar-refractivity contribution in [1.82, 2.24) is 4.57 Å². The van der Waals surface area contributed by atoms with Gasteiger partial charge in [-0.1, -0.05) is 15.9 Å². The Balaban J connectivity index is 2.14. The summed E-state index contributed by atoms with van der Waals surface area (Å²) in [5.74, 6) is -0.434. The Bertz CT molecular complexity index is 828. The topological polar surface area (TPSA) is 17.3 Å². The maximum atomic E-state index is 14.3. The summed E-state index contributed by atoms with van der Waals surface area (Å²) in [7, 11) is 0. The number of aromatic nitrogens is 1. The minimum Gasteiger partial charge on any atom is -0.342 e. The summed E-state index contributed by atoms with van der Waals surface area (Å²) < 4.78 is 55.5. The Kier molecular flexibility index (Phi) is 4.32. The number of thioether (sulfide) groups is 1. The van der Waals surface area contributed by atoms with Crippen LogP contribution in [0.4, 0.5) is 17.6 Å². The van der Waals surface area contributed by atoms with Gasteiger partial charge >= 0.3 is 6.18 Å². The molecule has 0 N–H and O–H groups in total. The SMILES string of the molecule is CSC1=NC(C)(c2cc(Br)ccc2F)Cn2cc(C(F)(F)F)cc21. The van der Waals surface area contributed by atoms with Crippen molar-refractivity contribution in [3.63, 3.8) is 0 Å². The van der Waals surface area contributed by atoms with E-state index in [1.54, 1.807) is 25.3 Å².